The van der Waals surface area contributed by atoms with Gasteiger partial charge in [0.05, 0.1) is 20.8 Å². The molecule has 5 nitrogen and oxygen atoms in total. The van der Waals surface area contributed by atoms with Gasteiger partial charge in [-0.15, -0.1) is 11.3 Å². The molecule has 0 saturated heterocycles. The second-order valence-electron chi connectivity index (χ2n) is 6.02. The number of non-ortho nitro benzene ring substituents is 1. The summed E-state index contributed by atoms with van der Waals surface area (Å²) in [5.41, 5.74) is 3.89. The smallest absolute Gasteiger partial charge is 0.258 e. The number of nitro benzene ring substituents is 1. The number of nitrogens with zero attached hydrogens (tertiary/aromatic N) is 3. The molecule has 1 aromatic heterocycles. The van der Waals surface area contributed by atoms with Crippen molar-refractivity contribution < 1.29 is 4.92 Å². The minimum Gasteiger partial charge on any atom is -0.258 e. The third kappa shape index (κ3) is 4.02. The summed E-state index contributed by atoms with van der Waals surface area (Å²) in [7, 11) is 0. The van der Waals surface area contributed by atoms with Gasteiger partial charge in [0.1, 0.15) is 5.01 Å². The monoisotopic (exact) mass is 385 g/mol. The number of aromatic nitrogens is 1. The van der Waals surface area contributed by atoms with Crippen LogP contribution in [0.25, 0.3) is 26.9 Å². The van der Waals surface area contributed by atoms with Crippen LogP contribution in [0.3, 0.4) is 0 Å². The molecular weight excluding hydrogens is 370 g/mol. The van der Waals surface area contributed by atoms with Gasteiger partial charge in [-0.3, -0.25) is 15.1 Å². The van der Waals surface area contributed by atoms with Crippen molar-refractivity contribution in [3.8, 4) is 10.6 Å². The van der Waals surface area contributed by atoms with Gasteiger partial charge in [-0.2, -0.15) is 0 Å². The average Bonchev–Trinajstić information content (AvgIpc) is 3.16. The lowest BCUT2D eigenvalue weighted by molar-refractivity contribution is -0.384. The molecule has 4 aromatic rings. The first-order chi connectivity index (χ1) is 13.7. The summed E-state index contributed by atoms with van der Waals surface area (Å²) in [6.07, 6.45) is 5.36. The van der Waals surface area contributed by atoms with Crippen LogP contribution in [0.1, 0.15) is 5.56 Å². The molecular formula is C22H15N3O2S. The molecule has 0 fully saturated rings. The third-order valence-corrected chi connectivity index (χ3v) is 5.20. The van der Waals surface area contributed by atoms with Crippen molar-refractivity contribution in [3.05, 3.63) is 94.6 Å². The number of hydrogen-bond donors (Lipinski definition) is 0. The quantitative estimate of drug-likeness (QED) is 0.230. The second kappa shape index (κ2) is 7.94. The fourth-order valence-electron chi connectivity index (χ4n) is 2.68. The molecule has 0 aliphatic heterocycles. The second-order valence-corrected chi connectivity index (χ2v) is 7.05. The van der Waals surface area contributed by atoms with Crippen LogP contribution in [-0.2, 0) is 0 Å². The summed E-state index contributed by atoms with van der Waals surface area (Å²) in [6, 6.07) is 22.4. The Morgan fingerprint density at radius 2 is 1.71 bits per heavy atom. The van der Waals surface area contributed by atoms with Gasteiger partial charge in [0, 0.05) is 23.9 Å². The maximum absolute atomic E-state index is 10.7. The van der Waals surface area contributed by atoms with Crippen LogP contribution in [0.2, 0.25) is 0 Å². The van der Waals surface area contributed by atoms with Crippen molar-refractivity contribution in [1.82, 2.24) is 4.98 Å². The molecule has 0 bridgehead atoms. The van der Waals surface area contributed by atoms with E-state index in [2.05, 4.69) is 16.0 Å². The Balaban J connectivity index is 1.43. The van der Waals surface area contributed by atoms with E-state index >= 15 is 0 Å². The molecule has 4 rings (SSSR count). The largest absolute Gasteiger partial charge is 0.269 e. The highest BCUT2D eigenvalue weighted by molar-refractivity contribution is 7.21. The highest BCUT2D eigenvalue weighted by atomic mass is 32.1. The Kier molecular flexibility index (Phi) is 5.03. The number of fused-ring (bicyclic) bond motifs is 1. The lowest BCUT2D eigenvalue weighted by Crippen LogP contribution is -1.86. The van der Waals surface area contributed by atoms with Gasteiger partial charge in [-0.25, -0.2) is 4.98 Å². The van der Waals surface area contributed by atoms with Crippen LogP contribution < -0.4 is 0 Å². The Morgan fingerprint density at radius 1 is 0.964 bits per heavy atom. The summed E-state index contributed by atoms with van der Waals surface area (Å²) in [4.78, 5) is 19.3. The normalized spacial score (nSPS) is 11.6. The van der Waals surface area contributed by atoms with Crippen LogP contribution in [0.5, 0.6) is 0 Å². The third-order valence-electron chi connectivity index (χ3n) is 4.11. The number of benzene rings is 3. The Bertz CT molecular complexity index is 1140. The van der Waals surface area contributed by atoms with Crippen molar-refractivity contribution >= 4 is 45.2 Å². The number of rotatable bonds is 5. The zero-order chi connectivity index (χ0) is 19.3. The first-order valence-electron chi connectivity index (χ1n) is 8.60. The molecule has 0 saturated carbocycles. The van der Waals surface area contributed by atoms with Gasteiger partial charge in [-0.05, 0) is 60.2 Å². The van der Waals surface area contributed by atoms with Crippen molar-refractivity contribution in [2.45, 2.75) is 0 Å². The van der Waals surface area contributed by atoms with Crippen molar-refractivity contribution in [3.63, 3.8) is 0 Å². The number of allylic oxidation sites excluding steroid dienone is 1. The van der Waals surface area contributed by atoms with Gasteiger partial charge in [0.25, 0.3) is 5.69 Å². The summed E-state index contributed by atoms with van der Waals surface area (Å²) < 4.78 is 1.18. The number of aliphatic imine (C=N–C) groups is 1. The summed E-state index contributed by atoms with van der Waals surface area (Å²) in [5, 5.41) is 11.6. The van der Waals surface area contributed by atoms with Gasteiger partial charge in [0.15, 0.2) is 0 Å². The highest BCUT2D eigenvalue weighted by Crippen LogP contribution is 2.30. The van der Waals surface area contributed by atoms with E-state index < -0.39 is 4.92 Å². The van der Waals surface area contributed by atoms with E-state index in [9.17, 15) is 10.1 Å². The molecule has 0 aliphatic rings. The number of thiazole rings is 1. The minimum absolute atomic E-state index is 0.0824. The molecule has 1 heterocycles. The van der Waals surface area contributed by atoms with E-state index in [0.717, 1.165) is 27.3 Å². The van der Waals surface area contributed by atoms with Crippen LogP contribution in [0.4, 0.5) is 11.4 Å². The maximum atomic E-state index is 10.7. The van der Waals surface area contributed by atoms with E-state index in [-0.39, 0.29) is 5.69 Å². The van der Waals surface area contributed by atoms with Crippen LogP contribution in [0, 0.1) is 10.1 Å². The van der Waals surface area contributed by atoms with Gasteiger partial charge in [0.2, 0.25) is 0 Å². The fourth-order valence-corrected chi connectivity index (χ4v) is 3.65. The van der Waals surface area contributed by atoms with E-state index in [0.29, 0.717) is 0 Å². The molecule has 0 unspecified atom stereocenters. The van der Waals surface area contributed by atoms with Gasteiger partial charge < -0.3 is 0 Å². The Hall–Kier alpha value is -3.64. The van der Waals surface area contributed by atoms with Crippen molar-refractivity contribution in [1.29, 1.82) is 0 Å². The van der Waals surface area contributed by atoms with Gasteiger partial charge in [-0.1, -0.05) is 18.2 Å². The first kappa shape index (κ1) is 17.8. The van der Waals surface area contributed by atoms with Crippen molar-refractivity contribution in [2.75, 3.05) is 0 Å². The highest BCUT2D eigenvalue weighted by Gasteiger charge is 2.05. The fraction of sp³-hybridized carbons (Fsp3) is 0. The molecule has 0 atom stereocenters. The number of para-hydroxylation sites is 1. The van der Waals surface area contributed by atoms with E-state index in [1.807, 2.05) is 54.6 Å². The molecule has 0 spiro atoms. The summed E-state index contributed by atoms with van der Waals surface area (Å²) in [5.74, 6) is 0. The first-order valence-corrected chi connectivity index (χ1v) is 9.42. The van der Waals surface area contributed by atoms with Crippen LogP contribution >= 0.6 is 11.3 Å². The predicted molar refractivity (Wildman–Crippen MR) is 115 cm³/mol. The van der Waals surface area contributed by atoms with E-state index in [1.54, 1.807) is 29.7 Å². The zero-order valence-corrected chi connectivity index (χ0v) is 15.5. The summed E-state index contributed by atoms with van der Waals surface area (Å²) in [6.45, 7) is 0. The molecule has 0 N–H and O–H groups in total. The molecule has 6 heteroatoms. The standard InChI is InChI=1S/C22H15N3O2S/c26-25(27)19-13-7-16(8-14-19)4-3-15-23-18-11-9-17(10-12-18)22-24-20-5-1-2-6-21(20)28-22/h1-15H/b4-3+,23-15?. The number of hydrogen-bond acceptors (Lipinski definition) is 5. The maximum Gasteiger partial charge on any atom is 0.269 e. The molecule has 0 amide bonds. The van der Waals surface area contributed by atoms with Crippen LogP contribution in [-0.4, -0.2) is 16.1 Å². The zero-order valence-electron chi connectivity index (χ0n) is 14.7. The lowest BCUT2D eigenvalue weighted by atomic mass is 10.2. The summed E-state index contributed by atoms with van der Waals surface area (Å²) >= 11 is 1.68. The van der Waals surface area contributed by atoms with E-state index in [1.165, 1.54) is 16.8 Å². The lowest BCUT2D eigenvalue weighted by Gasteiger charge is -1.97. The number of nitro groups is 1. The Labute approximate surface area is 165 Å². The van der Waals surface area contributed by atoms with Crippen LogP contribution in [0.15, 0.2) is 83.9 Å². The minimum atomic E-state index is -0.410. The SMILES string of the molecule is O=[N+]([O-])c1ccc(/C=C/C=Nc2ccc(-c3nc4ccccc4s3)cc2)cc1. The molecule has 28 heavy (non-hydrogen) atoms. The molecule has 136 valence electrons. The molecule has 0 aliphatic carbocycles. The predicted octanol–water partition coefficient (Wildman–Crippen LogP) is 6.29. The van der Waals surface area contributed by atoms with E-state index in [4.69, 9.17) is 0 Å². The molecule has 0 radical (unpaired) electrons. The Morgan fingerprint density at radius 3 is 2.43 bits per heavy atom. The van der Waals surface area contributed by atoms with Crippen molar-refractivity contribution in [2.24, 2.45) is 4.99 Å². The molecule has 3 aromatic carbocycles. The average molecular weight is 385 g/mol. The van der Waals surface area contributed by atoms with Gasteiger partial charge >= 0.3 is 0 Å². The topological polar surface area (TPSA) is 68.4 Å².